The molecule has 4 nitrogen and oxygen atoms in total. The van der Waals surface area contributed by atoms with Crippen LogP contribution in [-0.4, -0.2) is 27.5 Å². The van der Waals surface area contributed by atoms with Crippen molar-refractivity contribution >= 4 is 0 Å². The Bertz CT molecular complexity index is 272. The van der Waals surface area contributed by atoms with Crippen molar-refractivity contribution in [1.29, 1.82) is 0 Å². The fraction of sp³-hybridized carbons (Fsp3) is 0.700. The van der Waals surface area contributed by atoms with Crippen LogP contribution in [0.3, 0.4) is 0 Å². The lowest BCUT2D eigenvalue weighted by atomic mass is 10.2. The summed E-state index contributed by atoms with van der Waals surface area (Å²) in [5.74, 6) is 0. The van der Waals surface area contributed by atoms with E-state index in [0.717, 1.165) is 12.1 Å². The molecule has 3 N–H and O–H groups in total. The molecule has 0 radical (unpaired) electrons. The van der Waals surface area contributed by atoms with E-state index in [1.165, 1.54) is 0 Å². The molecule has 4 heteroatoms. The molecule has 1 heterocycles. The number of aromatic nitrogens is 2. The molecule has 0 amide bonds. The van der Waals surface area contributed by atoms with E-state index in [-0.39, 0.29) is 12.6 Å². The first-order valence-corrected chi connectivity index (χ1v) is 5.07. The Hall–Kier alpha value is -0.870. The third-order valence-electron chi connectivity index (χ3n) is 2.41. The first kappa shape index (κ1) is 11.2. The molecule has 0 saturated carbocycles. The highest BCUT2D eigenvalue weighted by Gasteiger charge is 2.07. The van der Waals surface area contributed by atoms with Crippen molar-refractivity contribution in [3.8, 4) is 0 Å². The van der Waals surface area contributed by atoms with Gasteiger partial charge in [0.2, 0.25) is 0 Å². The normalized spacial score (nSPS) is 15.4. The third-order valence-corrected chi connectivity index (χ3v) is 2.41. The van der Waals surface area contributed by atoms with Crippen molar-refractivity contribution in [3.05, 3.63) is 18.0 Å². The van der Waals surface area contributed by atoms with Crippen LogP contribution in [-0.2, 0) is 6.42 Å². The van der Waals surface area contributed by atoms with E-state index in [0.29, 0.717) is 12.5 Å². The average Bonchev–Trinajstić information content (AvgIpc) is 2.65. The standard InChI is InChI=1S/C10H19N3O/c1-3-8(2)13-5-4-10(12-13)6-9(11)7-14/h4-5,8-9,14H,3,6-7,11H2,1-2H3. The maximum Gasteiger partial charge on any atom is 0.0641 e. The predicted molar refractivity (Wildman–Crippen MR) is 56.0 cm³/mol. The zero-order chi connectivity index (χ0) is 10.6. The summed E-state index contributed by atoms with van der Waals surface area (Å²) >= 11 is 0. The van der Waals surface area contributed by atoms with Gasteiger partial charge in [0.05, 0.1) is 12.3 Å². The first-order valence-electron chi connectivity index (χ1n) is 5.07. The number of aliphatic hydroxyl groups is 1. The number of hydrogen-bond acceptors (Lipinski definition) is 3. The summed E-state index contributed by atoms with van der Waals surface area (Å²) in [6.07, 6.45) is 3.67. The summed E-state index contributed by atoms with van der Waals surface area (Å²) in [5.41, 5.74) is 6.57. The van der Waals surface area contributed by atoms with E-state index < -0.39 is 0 Å². The molecule has 0 aliphatic carbocycles. The van der Waals surface area contributed by atoms with Gasteiger partial charge in [-0.25, -0.2) is 0 Å². The van der Waals surface area contributed by atoms with Gasteiger partial charge in [0.25, 0.3) is 0 Å². The minimum atomic E-state index is -0.199. The van der Waals surface area contributed by atoms with Crippen LogP contribution in [0.2, 0.25) is 0 Å². The van der Waals surface area contributed by atoms with Crippen molar-refractivity contribution in [3.63, 3.8) is 0 Å². The number of aliphatic hydroxyl groups excluding tert-OH is 1. The molecule has 80 valence electrons. The molecule has 0 aromatic carbocycles. The van der Waals surface area contributed by atoms with Crippen LogP contribution in [0.5, 0.6) is 0 Å². The van der Waals surface area contributed by atoms with Gasteiger partial charge in [0, 0.05) is 24.7 Å². The topological polar surface area (TPSA) is 64.1 Å². The Labute approximate surface area is 84.7 Å². The van der Waals surface area contributed by atoms with E-state index in [9.17, 15) is 0 Å². The highest BCUT2D eigenvalue weighted by molar-refractivity contribution is 5.01. The molecule has 0 bridgehead atoms. The summed E-state index contributed by atoms with van der Waals surface area (Å²) < 4.78 is 1.94. The Morgan fingerprint density at radius 1 is 1.64 bits per heavy atom. The second-order valence-electron chi connectivity index (χ2n) is 3.69. The number of nitrogens with zero attached hydrogens (tertiary/aromatic N) is 2. The Morgan fingerprint density at radius 2 is 2.36 bits per heavy atom. The Balaban J connectivity index is 2.59. The van der Waals surface area contributed by atoms with Gasteiger partial charge < -0.3 is 10.8 Å². The van der Waals surface area contributed by atoms with E-state index >= 15 is 0 Å². The van der Waals surface area contributed by atoms with Gasteiger partial charge in [0.15, 0.2) is 0 Å². The van der Waals surface area contributed by atoms with Crippen LogP contribution in [0, 0.1) is 0 Å². The second kappa shape index (κ2) is 5.12. The molecule has 2 atom stereocenters. The molecular formula is C10H19N3O. The largest absolute Gasteiger partial charge is 0.395 e. The molecule has 1 aromatic rings. The Kier molecular flexibility index (Phi) is 4.10. The van der Waals surface area contributed by atoms with Crippen molar-refractivity contribution in [2.75, 3.05) is 6.61 Å². The Morgan fingerprint density at radius 3 is 2.93 bits per heavy atom. The summed E-state index contributed by atoms with van der Waals surface area (Å²) in [6, 6.07) is 2.19. The molecular weight excluding hydrogens is 178 g/mol. The predicted octanol–water partition coefficient (Wildman–Crippen LogP) is 0.716. The molecule has 0 fully saturated rings. The highest BCUT2D eigenvalue weighted by Crippen LogP contribution is 2.09. The van der Waals surface area contributed by atoms with Crippen LogP contribution in [0.1, 0.15) is 32.0 Å². The monoisotopic (exact) mass is 197 g/mol. The van der Waals surface area contributed by atoms with Crippen molar-refractivity contribution in [2.24, 2.45) is 5.73 Å². The van der Waals surface area contributed by atoms with Crippen LogP contribution in [0.4, 0.5) is 0 Å². The summed E-state index contributed by atoms with van der Waals surface area (Å²) in [5, 5.41) is 13.2. The zero-order valence-electron chi connectivity index (χ0n) is 8.85. The molecule has 0 saturated heterocycles. The maximum absolute atomic E-state index is 8.80. The molecule has 0 spiro atoms. The highest BCUT2D eigenvalue weighted by atomic mass is 16.3. The summed E-state index contributed by atoms with van der Waals surface area (Å²) in [7, 11) is 0. The lowest BCUT2D eigenvalue weighted by Gasteiger charge is -2.09. The average molecular weight is 197 g/mol. The smallest absolute Gasteiger partial charge is 0.0641 e. The lowest BCUT2D eigenvalue weighted by Crippen LogP contribution is -2.27. The van der Waals surface area contributed by atoms with Crippen LogP contribution >= 0.6 is 0 Å². The molecule has 2 unspecified atom stereocenters. The van der Waals surface area contributed by atoms with Gasteiger partial charge in [-0.05, 0) is 19.4 Å². The fourth-order valence-corrected chi connectivity index (χ4v) is 1.25. The molecule has 1 aromatic heterocycles. The number of rotatable bonds is 5. The van der Waals surface area contributed by atoms with Crippen LogP contribution in [0.25, 0.3) is 0 Å². The van der Waals surface area contributed by atoms with Gasteiger partial charge >= 0.3 is 0 Å². The van der Waals surface area contributed by atoms with Gasteiger partial charge in [-0.1, -0.05) is 6.92 Å². The minimum Gasteiger partial charge on any atom is -0.395 e. The van der Waals surface area contributed by atoms with E-state index in [4.69, 9.17) is 10.8 Å². The fourth-order valence-electron chi connectivity index (χ4n) is 1.25. The number of nitrogens with two attached hydrogens (primary N) is 1. The lowest BCUT2D eigenvalue weighted by molar-refractivity contribution is 0.264. The van der Waals surface area contributed by atoms with Crippen molar-refractivity contribution in [2.45, 2.75) is 38.8 Å². The molecule has 0 aliphatic rings. The van der Waals surface area contributed by atoms with Crippen LogP contribution in [0.15, 0.2) is 12.3 Å². The molecule has 0 aliphatic heterocycles. The van der Waals surface area contributed by atoms with E-state index in [1.807, 2.05) is 16.9 Å². The number of hydrogen-bond donors (Lipinski definition) is 2. The third kappa shape index (κ3) is 2.82. The first-order chi connectivity index (χ1) is 6.67. The maximum atomic E-state index is 8.80. The minimum absolute atomic E-state index is 0.0101. The molecule has 14 heavy (non-hydrogen) atoms. The van der Waals surface area contributed by atoms with E-state index in [1.54, 1.807) is 0 Å². The van der Waals surface area contributed by atoms with Crippen molar-refractivity contribution in [1.82, 2.24) is 9.78 Å². The SMILES string of the molecule is CCC(C)n1ccc(CC(N)CO)n1. The van der Waals surface area contributed by atoms with Crippen molar-refractivity contribution < 1.29 is 5.11 Å². The van der Waals surface area contributed by atoms with Gasteiger partial charge in [-0.15, -0.1) is 0 Å². The second-order valence-corrected chi connectivity index (χ2v) is 3.69. The van der Waals surface area contributed by atoms with Gasteiger partial charge in [-0.2, -0.15) is 5.10 Å². The molecule has 1 rings (SSSR count). The summed E-state index contributed by atoms with van der Waals surface area (Å²) in [4.78, 5) is 0. The zero-order valence-corrected chi connectivity index (χ0v) is 8.85. The van der Waals surface area contributed by atoms with E-state index in [2.05, 4.69) is 18.9 Å². The summed E-state index contributed by atoms with van der Waals surface area (Å²) in [6.45, 7) is 4.27. The van der Waals surface area contributed by atoms with Gasteiger partial charge in [0.1, 0.15) is 0 Å². The van der Waals surface area contributed by atoms with Crippen LogP contribution < -0.4 is 5.73 Å². The van der Waals surface area contributed by atoms with Gasteiger partial charge in [-0.3, -0.25) is 4.68 Å². The quantitative estimate of drug-likeness (QED) is 0.731.